The van der Waals surface area contributed by atoms with Gasteiger partial charge in [-0.25, -0.2) is 0 Å². The molecular formula is C8H15N3O2. The van der Waals surface area contributed by atoms with Gasteiger partial charge >= 0.3 is 0 Å². The number of carbonyl (C=O) groups excluding carboxylic acids is 2. The number of likely N-dealkylation sites (N-methyl/N-ethyl adjacent to an activating group) is 1. The maximum absolute atomic E-state index is 11.3. The molecular weight excluding hydrogens is 170 g/mol. The smallest absolute Gasteiger partial charge is 0.242 e. The predicted molar refractivity (Wildman–Crippen MR) is 47.8 cm³/mol. The Balaban J connectivity index is 2.71. The number of carbonyl (C=O) groups is 2. The molecule has 0 spiro atoms. The lowest BCUT2D eigenvalue weighted by Gasteiger charge is -2.21. The van der Waals surface area contributed by atoms with E-state index >= 15 is 0 Å². The van der Waals surface area contributed by atoms with Crippen molar-refractivity contribution in [2.75, 3.05) is 13.6 Å². The SMILES string of the molecule is CNC(=O)[C@@H]1C[C@H](N)CN1C(C)=O. The molecule has 2 atom stereocenters. The normalized spacial score (nSPS) is 27.5. The first-order valence-electron chi connectivity index (χ1n) is 4.30. The summed E-state index contributed by atoms with van der Waals surface area (Å²) in [7, 11) is 1.56. The van der Waals surface area contributed by atoms with Crippen LogP contribution in [0.2, 0.25) is 0 Å². The van der Waals surface area contributed by atoms with E-state index in [1.165, 1.54) is 11.8 Å². The molecule has 1 aliphatic rings. The minimum atomic E-state index is -0.377. The molecule has 1 rings (SSSR count). The summed E-state index contributed by atoms with van der Waals surface area (Å²) in [5.41, 5.74) is 5.67. The van der Waals surface area contributed by atoms with Crippen LogP contribution in [0.1, 0.15) is 13.3 Å². The van der Waals surface area contributed by atoms with Crippen LogP contribution in [0.15, 0.2) is 0 Å². The van der Waals surface area contributed by atoms with Gasteiger partial charge in [0.05, 0.1) is 0 Å². The van der Waals surface area contributed by atoms with Gasteiger partial charge in [-0.05, 0) is 6.42 Å². The highest BCUT2D eigenvalue weighted by atomic mass is 16.2. The third-order valence-electron chi connectivity index (χ3n) is 2.29. The Bertz CT molecular complexity index is 229. The molecule has 3 N–H and O–H groups in total. The van der Waals surface area contributed by atoms with E-state index in [1.54, 1.807) is 7.05 Å². The van der Waals surface area contributed by atoms with E-state index in [4.69, 9.17) is 5.73 Å². The van der Waals surface area contributed by atoms with E-state index in [0.717, 1.165) is 0 Å². The van der Waals surface area contributed by atoms with Crippen LogP contribution >= 0.6 is 0 Å². The Morgan fingerprint density at radius 1 is 1.54 bits per heavy atom. The summed E-state index contributed by atoms with van der Waals surface area (Å²) in [5, 5.41) is 2.52. The number of nitrogens with two attached hydrogens (primary N) is 1. The van der Waals surface area contributed by atoms with Gasteiger partial charge in [0.2, 0.25) is 11.8 Å². The molecule has 0 saturated carbocycles. The zero-order chi connectivity index (χ0) is 10.0. The maximum atomic E-state index is 11.3. The molecule has 0 aromatic heterocycles. The number of nitrogens with one attached hydrogen (secondary N) is 1. The first-order chi connectivity index (χ1) is 6.06. The second kappa shape index (κ2) is 3.74. The van der Waals surface area contributed by atoms with Gasteiger partial charge in [0.15, 0.2) is 0 Å². The summed E-state index contributed by atoms with van der Waals surface area (Å²) in [5.74, 6) is -0.232. The van der Waals surface area contributed by atoms with Crippen molar-refractivity contribution in [3.05, 3.63) is 0 Å². The number of hydrogen-bond donors (Lipinski definition) is 2. The largest absolute Gasteiger partial charge is 0.357 e. The van der Waals surface area contributed by atoms with Crippen LogP contribution in [0.25, 0.3) is 0 Å². The fourth-order valence-corrected chi connectivity index (χ4v) is 1.63. The lowest BCUT2D eigenvalue weighted by Crippen LogP contribution is -2.44. The van der Waals surface area contributed by atoms with Crippen LogP contribution in [-0.2, 0) is 9.59 Å². The Hall–Kier alpha value is -1.10. The van der Waals surface area contributed by atoms with Gasteiger partial charge in [0, 0.05) is 26.6 Å². The third-order valence-corrected chi connectivity index (χ3v) is 2.29. The van der Waals surface area contributed by atoms with Crippen LogP contribution in [0.3, 0.4) is 0 Å². The number of hydrogen-bond acceptors (Lipinski definition) is 3. The van der Waals surface area contributed by atoms with Crippen LogP contribution < -0.4 is 11.1 Å². The van der Waals surface area contributed by atoms with Crippen LogP contribution in [-0.4, -0.2) is 42.4 Å². The molecule has 0 bridgehead atoms. The highest BCUT2D eigenvalue weighted by molar-refractivity contribution is 5.87. The van der Waals surface area contributed by atoms with Crippen molar-refractivity contribution < 1.29 is 9.59 Å². The van der Waals surface area contributed by atoms with E-state index in [-0.39, 0.29) is 23.9 Å². The zero-order valence-electron chi connectivity index (χ0n) is 7.91. The molecule has 2 amide bonds. The van der Waals surface area contributed by atoms with Crippen molar-refractivity contribution in [3.63, 3.8) is 0 Å². The second-order valence-corrected chi connectivity index (χ2v) is 3.30. The van der Waals surface area contributed by atoms with Crippen molar-refractivity contribution in [1.82, 2.24) is 10.2 Å². The molecule has 0 aromatic carbocycles. The lowest BCUT2D eigenvalue weighted by molar-refractivity contribution is -0.136. The second-order valence-electron chi connectivity index (χ2n) is 3.30. The molecule has 0 aliphatic carbocycles. The molecule has 0 aromatic rings. The standard InChI is InChI=1S/C8H15N3O2/c1-5(12)11-4-6(9)3-7(11)8(13)10-2/h6-7H,3-4,9H2,1-2H3,(H,10,13)/t6-,7-/m0/s1. The molecule has 0 unspecified atom stereocenters. The summed E-state index contributed by atoms with van der Waals surface area (Å²) >= 11 is 0. The first kappa shape index (κ1) is 9.98. The molecule has 1 heterocycles. The van der Waals surface area contributed by atoms with E-state index < -0.39 is 0 Å². The molecule has 5 nitrogen and oxygen atoms in total. The highest BCUT2D eigenvalue weighted by Crippen LogP contribution is 2.16. The van der Waals surface area contributed by atoms with Gasteiger partial charge in [-0.3, -0.25) is 9.59 Å². The Morgan fingerprint density at radius 2 is 2.15 bits per heavy atom. The Morgan fingerprint density at radius 3 is 2.62 bits per heavy atom. The van der Waals surface area contributed by atoms with Gasteiger partial charge in [0.1, 0.15) is 6.04 Å². The predicted octanol–water partition coefficient (Wildman–Crippen LogP) is -1.32. The van der Waals surface area contributed by atoms with Gasteiger partial charge in [-0.2, -0.15) is 0 Å². The van der Waals surface area contributed by atoms with Crippen molar-refractivity contribution >= 4 is 11.8 Å². The summed E-state index contributed by atoms with van der Waals surface area (Å²) in [6.45, 7) is 1.93. The van der Waals surface area contributed by atoms with Crippen LogP contribution in [0.5, 0.6) is 0 Å². The summed E-state index contributed by atoms with van der Waals surface area (Å²) < 4.78 is 0. The quantitative estimate of drug-likeness (QED) is 0.532. The number of nitrogens with zero attached hydrogens (tertiary/aromatic N) is 1. The molecule has 1 fully saturated rings. The lowest BCUT2D eigenvalue weighted by atomic mass is 10.1. The van der Waals surface area contributed by atoms with Crippen molar-refractivity contribution in [2.24, 2.45) is 5.73 Å². The zero-order valence-corrected chi connectivity index (χ0v) is 7.91. The van der Waals surface area contributed by atoms with Crippen LogP contribution in [0, 0.1) is 0 Å². The van der Waals surface area contributed by atoms with Crippen LogP contribution in [0.4, 0.5) is 0 Å². The van der Waals surface area contributed by atoms with E-state index in [9.17, 15) is 9.59 Å². The summed E-state index contributed by atoms with van der Waals surface area (Å²) in [6, 6.07) is -0.455. The third kappa shape index (κ3) is 1.98. The fraction of sp³-hybridized carbons (Fsp3) is 0.750. The molecule has 13 heavy (non-hydrogen) atoms. The minimum Gasteiger partial charge on any atom is -0.357 e. The maximum Gasteiger partial charge on any atom is 0.242 e. The number of likely N-dealkylation sites (tertiary alicyclic amines) is 1. The van der Waals surface area contributed by atoms with Crippen molar-refractivity contribution in [3.8, 4) is 0 Å². The van der Waals surface area contributed by atoms with Gasteiger partial charge in [-0.15, -0.1) is 0 Å². The van der Waals surface area contributed by atoms with Gasteiger partial charge in [0.25, 0.3) is 0 Å². The average Bonchev–Trinajstić information content (AvgIpc) is 2.46. The topological polar surface area (TPSA) is 75.4 Å². The molecule has 0 radical (unpaired) electrons. The van der Waals surface area contributed by atoms with Crippen molar-refractivity contribution in [1.29, 1.82) is 0 Å². The fourth-order valence-electron chi connectivity index (χ4n) is 1.63. The minimum absolute atomic E-state index is 0.0776. The van der Waals surface area contributed by atoms with Gasteiger partial charge in [-0.1, -0.05) is 0 Å². The molecule has 74 valence electrons. The molecule has 5 heteroatoms. The number of rotatable bonds is 1. The molecule has 1 aliphatic heterocycles. The van der Waals surface area contributed by atoms with Gasteiger partial charge < -0.3 is 16.0 Å². The van der Waals surface area contributed by atoms with E-state index in [2.05, 4.69) is 5.32 Å². The highest BCUT2D eigenvalue weighted by Gasteiger charge is 2.35. The number of amides is 2. The summed E-state index contributed by atoms with van der Waals surface area (Å²) in [6.07, 6.45) is 0.555. The Kier molecular flexibility index (Phi) is 2.87. The van der Waals surface area contributed by atoms with E-state index in [1.807, 2.05) is 0 Å². The summed E-state index contributed by atoms with van der Waals surface area (Å²) in [4.78, 5) is 23.9. The van der Waals surface area contributed by atoms with E-state index in [0.29, 0.717) is 13.0 Å². The Labute approximate surface area is 77.3 Å². The molecule has 1 saturated heterocycles. The monoisotopic (exact) mass is 185 g/mol. The van der Waals surface area contributed by atoms with Crippen molar-refractivity contribution in [2.45, 2.75) is 25.4 Å². The first-order valence-corrected chi connectivity index (χ1v) is 4.30. The average molecular weight is 185 g/mol.